The van der Waals surface area contributed by atoms with Gasteiger partial charge in [-0.05, 0) is 11.6 Å². The SMILES string of the molecule is O=C1Nc2ncnc(Cl)c2C1=Cc1ccccc1. The van der Waals surface area contributed by atoms with Gasteiger partial charge in [0.05, 0.1) is 11.1 Å². The normalized spacial score (nSPS) is 15.6. The van der Waals surface area contributed by atoms with Gasteiger partial charge in [-0.3, -0.25) is 4.79 Å². The van der Waals surface area contributed by atoms with Crippen LogP contribution < -0.4 is 5.32 Å². The molecule has 0 saturated heterocycles. The molecule has 1 aromatic heterocycles. The summed E-state index contributed by atoms with van der Waals surface area (Å²) in [6.07, 6.45) is 3.10. The van der Waals surface area contributed by atoms with Crippen molar-refractivity contribution < 1.29 is 4.79 Å². The van der Waals surface area contributed by atoms with Gasteiger partial charge in [0, 0.05) is 0 Å². The van der Waals surface area contributed by atoms with Gasteiger partial charge in [-0.15, -0.1) is 0 Å². The molecule has 0 saturated carbocycles. The number of nitrogens with one attached hydrogen (secondary N) is 1. The highest BCUT2D eigenvalue weighted by molar-refractivity contribution is 6.40. The Kier molecular flexibility index (Phi) is 2.57. The molecule has 1 amide bonds. The van der Waals surface area contributed by atoms with Crippen LogP contribution in [0.2, 0.25) is 5.15 Å². The average Bonchev–Trinajstić information content (AvgIpc) is 2.69. The topological polar surface area (TPSA) is 54.9 Å². The summed E-state index contributed by atoms with van der Waals surface area (Å²) in [6.45, 7) is 0. The summed E-state index contributed by atoms with van der Waals surface area (Å²) in [5, 5.41) is 2.94. The highest BCUT2D eigenvalue weighted by Gasteiger charge is 2.28. The Bertz CT molecular complexity index is 653. The second kappa shape index (κ2) is 4.23. The van der Waals surface area contributed by atoms with Crippen molar-refractivity contribution in [2.45, 2.75) is 0 Å². The third-order valence-corrected chi connectivity index (χ3v) is 2.94. The Morgan fingerprint density at radius 2 is 1.94 bits per heavy atom. The molecular weight excluding hydrogens is 250 g/mol. The Balaban J connectivity index is 2.15. The van der Waals surface area contributed by atoms with Crippen molar-refractivity contribution in [2.75, 3.05) is 5.32 Å². The maximum absolute atomic E-state index is 11.9. The molecule has 2 heterocycles. The van der Waals surface area contributed by atoms with E-state index in [4.69, 9.17) is 11.6 Å². The Hall–Kier alpha value is -2.20. The summed E-state index contributed by atoms with van der Waals surface area (Å²) in [5.74, 6) is 0.249. The molecule has 0 unspecified atom stereocenters. The van der Waals surface area contributed by atoms with Crippen LogP contribution in [-0.2, 0) is 4.79 Å². The van der Waals surface area contributed by atoms with E-state index in [9.17, 15) is 4.79 Å². The molecule has 1 aliphatic heterocycles. The average molecular weight is 258 g/mol. The van der Waals surface area contributed by atoms with Gasteiger partial charge in [0.25, 0.3) is 5.91 Å². The first-order valence-corrected chi connectivity index (χ1v) is 5.72. The lowest BCUT2D eigenvalue weighted by Gasteiger charge is -1.99. The lowest BCUT2D eigenvalue weighted by Crippen LogP contribution is -2.04. The molecule has 1 aromatic carbocycles. The predicted molar refractivity (Wildman–Crippen MR) is 70.0 cm³/mol. The zero-order valence-electron chi connectivity index (χ0n) is 9.22. The van der Waals surface area contributed by atoms with E-state index < -0.39 is 0 Å². The number of carbonyl (C=O) groups excluding carboxylic acids is 1. The zero-order valence-corrected chi connectivity index (χ0v) is 9.98. The van der Waals surface area contributed by atoms with Crippen molar-refractivity contribution in [1.82, 2.24) is 9.97 Å². The van der Waals surface area contributed by atoms with Crippen molar-refractivity contribution in [1.29, 1.82) is 0 Å². The molecule has 0 atom stereocenters. The van der Waals surface area contributed by atoms with Crippen LogP contribution in [0.15, 0.2) is 36.7 Å². The van der Waals surface area contributed by atoms with Crippen LogP contribution in [0.5, 0.6) is 0 Å². The smallest absolute Gasteiger partial charge is 0.257 e. The summed E-state index contributed by atoms with van der Waals surface area (Å²) in [6, 6.07) is 9.55. The number of carbonyl (C=O) groups is 1. The van der Waals surface area contributed by atoms with E-state index in [-0.39, 0.29) is 11.1 Å². The van der Waals surface area contributed by atoms with Gasteiger partial charge >= 0.3 is 0 Å². The molecule has 1 aliphatic rings. The monoisotopic (exact) mass is 257 g/mol. The number of benzene rings is 1. The molecule has 0 radical (unpaired) electrons. The fraction of sp³-hybridized carbons (Fsp3) is 0. The van der Waals surface area contributed by atoms with E-state index in [2.05, 4.69) is 15.3 Å². The number of nitrogens with zero attached hydrogens (tertiary/aromatic N) is 2. The van der Waals surface area contributed by atoms with Crippen LogP contribution in [-0.4, -0.2) is 15.9 Å². The summed E-state index contributed by atoms with van der Waals surface area (Å²) in [5.41, 5.74) is 1.98. The quantitative estimate of drug-likeness (QED) is 0.631. The van der Waals surface area contributed by atoms with Crippen LogP contribution >= 0.6 is 11.6 Å². The number of rotatable bonds is 1. The zero-order chi connectivity index (χ0) is 12.5. The maximum atomic E-state index is 11.9. The first kappa shape index (κ1) is 10.9. The molecule has 0 spiro atoms. The Morgan fingerprint density at radius 1 is 1.17 bits per heavy atom. The molecule has 4 nitrogen and oxygen atoms in total. The van der Waals surface area contributed by atoms with E-state index in [1.54, 1.807) is 6.08 Å². The fourth-order valence-corrected chi connectivity index (χ4v) is 2.07. The van der Waals surface area contributed by atoms with Crippen LogP contribution in [0.1, 0.15) is 11.1 Å². The van der Waals surface area contributed by atoms with Crippen LogP contribution in [0.3, 0.4) is 0 Å². The summed E-state index contributed by atoms with van der Waals surface area (Å²) < 4.78 is 0. The maximum Gasteiger partial charge on any atom is 0.257 e. The molecular formula is C13H8ClN3O. The molecule has 0 fully saturated rings. The number of anilines is 1. The summed E-state index contributed by atoms with van der Waals surface area (Å²) in [4.78, 5) is 19.8. The van der Waals surface area contributed by atoms with Gasteiger partial charge in [0.15, 0.2) is 0 Å². The largest absolute Gasteiger partial charge is 0.306 e. The highest BCUT2D eigenvalue weighted by atomic mass is 35.5. The fourth-order valence-electron chi connectivity index (χ4n) is 1.84. The van der Waals surface area contributed by atoms with E-state index in [0.717, 1.165) is 5.56 Å². The van der Waals surface area contributed by atoms with Crippen molar-refractivity contribution in [3.05, 3.63) is 52.9 Å². The first-order chi connectivity index (χ1) is 8.75. The minimum atomic E-state index is -0.212. The van der Waals surface area contributed by atoms with Crippen molar-refractivity contribution >= 4 is 35.0 Å². The summed E-state index contributed by atoms with van der Waals surface area (Å²) in [7, 11) is 0. The lowest BCUT2D eigenvalue weighted by molar-refractivity contribution is -0.110. The number of hydrogen-bond donors (Lipinski definition) is 1. The van der Waals surface area contributed by atoms with Gasteiger partial charge in [0.1, 0.15) is 17.3 Å². The van der Waals surface area contributed by atoms with E-state index in [1.807, 2.05) is 30.3 Å². The number of halogens is 1. The van der Waals surface area contributed by atoms with Gasteiger partial charge in [0.2, 0.25) is 0 Å². The third kappa shape index (κ3) is 1.76. The van der Waals surface area contributed by atoms with Gasteiger partial charge in [-0.2, -0.15) is 0 Å². The first-order valence-electron chi connectivity index (χ1n) is 5.34. The summed E-state index contributed by atoms with van der Waals surface area (Å²) >= 11 is 6.01. The molecule has 1 N–H and O–H groups in total. The number of fused-ring (bicyclic) bond motifs is 1. The van der Waals surface area contributed by atoms with Gasteiger partial charge in [-0.1, -0.05) is 41.9 Å². The molecule has 0 bridgehead atoms. The van der Waals surface area contributed by atoms with Crippen molar-refractivity contribution in [3.63, 3.8) is 0 Å². The second-order valence-corrected chi connectivity index (χ2v) is 4.17. The minimum Gasteiger partial charge on any atom is -0.306 e. The van der Waals surface area contributed by atoms with Crippen LogP contribution in [0.4, 0.5) is 5.82 Å². The van der Waals surface area contributed by atoms with E-state index in [1.165, 1.54) is 6.33 Å². The number of hydrogen-bond acceptors (Lipinski definition) is 3. The lowest BCUT2D eigenvalue weighted by atomic mass is 10.1. The molecule has 3 rings (SSSR count). The number of aromatic nitrogens is 2. The molecule has 0 aliphatic carbocycles. The van der Waals surface area contributed by atoms with Crippen molar-refractivity contribution in [3.8, 4) is 0 Å². The standard InChI is InChI=1S/C13H8ClN3O/c14-11-10-9(6-8-4-2-1-3-5-8)13(18)17-12(10)16-7-15-11/h1-7H,(H,15,16,17,18). The Labute approximate surface area is 108 Å². The molecule has 18 heavy (non-hydrogen) atoms. The molecule has 88 valence electrons. The minimum absolute atomic E-state index is 0.212. The number of amides is 1. The van der Waals surface area contributed by atoms with Crippen molar-refractivity contribution in [2.24, 2.45) is 0 Å². The van der Waals surface area contributed by atoms with E-state index in [0.29, 0.717) is 17.0 Å². The molecule has 5 heteroatoms. The third-order valence-electron chi connectivity index (χ3n) is 2.66. The van der Waals surface area contributed by atoms with Crippen LogP contribution in [0, 0.1) is 0 Å². The van der Waals surface area contributed by atoms with Crippen LogP contribution in [0.25, 0.3) is 11.6 Å². The highest BCUT2D eigenvalue weighted by Crippen LogP contribution is 2.35. The van der Waals surface area contributed by atoms with E-state index >= 15 is 0 Å². The second-order valence-electron chi connectivity index (χ2n) is 3.81. The Morgan fingerprint density at radius 3 is 2.72 bits per heavy atom. The van der Waals surface area contributed by atoms with Gasteiger partial charge < -0.3 is 5.32 Å². The molecule has 2 aromatic rings. The predicted octanol–water partition coefficient (Wildman–Crippen LogP) is 2.62. The van der Waals surface area contributed by atoms with Gasteiger partial charge in [-0.25, -0.2) is 9.97 Å².